The van der Waals surface area contributed by atoms with Gasteiger partial charge in [-0.05, 0) is 32.4 Å². The molecule has 0 saturated carbocycles. The third-order valence-electron chi connectivity index (χ3n) is 2.85. The first-order valence-electron chi connectivity index (χ1n) is 6.06. The molecule has 0 aliphatic rings. The monoisotopic (exact) mass is 240 g/mol. The Hall–Kier alpha value is -2.03. The summed E-state index contributed by atoms with van der Waals surface area (Å²) in [5.74, 6) is 0.0218. The Morgan fingerprint density at radius 3 is 2.61 bits per heavy atom. The van der Waals surface area contributed by atoms with Crippen molar-refractivity contribution in [2.24, 2.45) is 0 Å². The normalized spacial score (nSPS) is 10.4. The maximum Gasteiger partial charge on any atom is 0.195 e. The molecule has 1 heterocycles. The van der Waals surface area contributed by atoms with Gasteiger partial charge in [-0.2, -0.15) is 10.2 Å². The first-order valence-corrected chi connectivity index (χ1v) is 6.06. The van der Waals surface area contributed by atoms with Gasteiger partial charge < -0.3 is 0 Å². The number of hydrogen-bond donors (Lipinski definition) is 0. The minimum Gasteiger partial charge on any atom is -0.289 e. The van der Waals surface area contributed by atoms with Crippen molar-refractivity contribution < 1.29 is 4.79 Å². The van der Waals surface area contributed by atoms with E-state index in [4.69, 9.17) is 0 Å². The lowest BCUT2D eigenvalue weighted by Gasteiger charge is -2.07. The molecule has 92 valence electrons. The molecule has 0 fully saturated rings. The van der Waals surface area contributed by atoms with Gasteiger partial charge in [-0.15, -0.1) is 0 Å². The topological polar surface area (TPSA) is 42.9 Å². The van der Waals surface area contributed by atoms with Crippen molar-refractivity contribution in [3.05, 3.63) is 58.4 Å². The molecule has 0 saturated heterocycles. The predicted octanol–water partition coefficient (Wildman–Crippen LogP) is 2.89. The minimum absolute atomic E-state index is 0.0218. The highest BCUT2D eigenvalue weighted by Gasteiger charge is 2.14. The van der Waals surface area contributed by atoms with E-state index < -0.39 is 0 Å². The van der Waals surface area contributed by atoms with Gasteiger partial charge in [-0.1, -0.05) is 30.7 Å². The van der Waals surface area contributed by atoms with Gasteiger partial charge in [0.2, 0.25) is 0 Å². The van der Waals surface area contributed by atoms with Gasteiger partial charge in [-0.3, -0.25) is 4.79 Å². The van der Waals surface area contributed by atoms with Crippen molar-refractivity contribution in [3.8, 4) is 0 Å². The zero-order valence-electron chi connectivity index (χ0n) is 10.9. The molecule has 1 aromatic carbocycles. The van der Waals surface area contributed by atoms with Crippen LogP contribution in [-0.4, -0.2) is 16.0 Å². The Morgan fingerprint density at radius 1 is 1.17 bits per heavy atom. The molecule has 1 aromatic heterocycles. The standard InChI is InChI=1S/C15H16N2O/c1-4-14-13(9-11(3)16-17-14)15(18)12-7-5-6-10(2)8-12/h5-9H,4H2,1-3H3. The zero-order chi connectivity index (χ0) is 13.1. The van der Waals surface area contributed by atoms with Crippen molar-refractivity contribution >= 4 is 5.78 Å². The predicted molar refractivity (Wildman–Crippen MR) is 70.8 cm³/mol. The fraction of sp³-hybridized carbons (Fsp3) is 0.267. The molecule has 2 rings (SSSR count). The minimum atomic E-state index is 0.0218. The van der Waals surface area contributed by atoms with Gasteiger partial charge in [0.25, 0.3) is 0 Å². The van der Waals surface area contributed by atoms with Crippen LogP contribution in [0.4, 0.5) is 0 Å². The molecule has 18 heavy (non-hydrogen) atoms. The summed E-state index contributed by atoms with van der Waals surface area (Å²) in [7, 11) is 0. The lowest BCUT2D eigenvalue weighted by Crippen LogP contribution is -2.09. The molecular weight excluding hydrogens is 224 g/mol. The largest absolute Gasteiger partial charge is 0.289 e. The van der Waals surface area contributed by atoms with E-state index in [2.05, 4.69) is 10.2 Å². The molecule has 0 aliphatic heterocycles. The number of aryl methyl sites for hydroxylation is 3. The van der Waals surface area contributed by atoms with E-state index in [0.29, 0.717) is 17.5 Å². The highest BCUT2D eigenvalue weighted by molar-refractivity contribution is 6.09. The van der Waals surface area contributed by atoms with E-state index >= 15 is 0 Å². The van der Waals surface area contributed by atoms with Crippen LogP contribution in [0, 0.1) is 13.8 Å². The summed E-state index contributed by atoms with van der Waals surface area (Å²) in [5.41, 5.74) is 3.97. The highest BCUT2D eigenvalue weighted by Crippen LogP contribution is 2.15. The molecule has 2 aromatic rings. The molecular formula is C15H16N2O. The number of carbonyl (C=O) groups is 1. The summed E-state index contributed by atoms with van der Waals surface area (Å²) in [5, 5.41) is 8.10. The first-order chi connectivity index (χ1) is 8.61. The van der Waals surface area contributed by atoms with E-state index in [-0.39, 0.29) is 5.78 Å². The second-order valence-corrected chi connectivity index (χ2v) is 4.40. The van der Waals surface area contributed by atoms with E-state index in [0.717, 1.165) is 17.0 Å². The van der Waals surface area contributed by atoms with Crippen molar-refractivity contribution in [3.63, 3.8) is 0 Å². The van der Waals surface area contributed by atoms with Crippen LogP contribution >= 0.6 is 0 Å². The van der Waals surface area contributed by atoms with E-state index in [1.807, 2.05) is 51.1 Å². The number of ketones is 1. The molecule has 0 radical (unpaired) electrons. The number of nitrogens with zero attached hydrogens (tertiary/aromatic N) is 2. The molecule has 3 heteroatoms. The fourth-order valence-electron chi connectivity index (χ4n) is 1.91. The molecule has 0 amide bonds. The SMILES string of the molecule is CCc1nnc(C)cc1C(=O)c1cccc(C)c1. The van der Waals surface area contributed by atoms with Crippen LogP contribution in [0.15, 0.2) is 30.3 Å². The van der Waals surface area contributed by atoms with Gasteiger partial charge in [-0.25, -0.2) is 0 Å². The molecule has 0 bridgehead atoms. The quantitative estimate of drug-likeness (QED) is 0.775. The van der Waals surface area contributed by atoms with Crippen LogP contribution in [0.3, 0.4) is 0 Å². The van der Waals surface area contributed by atoms with Gasteiger partial charge in [0.1, 0.15) is 0 Å². The van der Waals surface area contributed by atoms with Crippen LogP contribution in [0.25, 0.3) is 0 Å². The summed E-state index contributed by atoms with van der Waals surface area (Å²) in [4.78, 5) is 12.5. The molecule has 0 spiro atoms. The maximum atomic E-state index is 12.5. The third kappa shape index (κ3) is 2.45. The number of carbonyl (C=O) groups excluding carboxylic acids is 1. The second-order valence-electron chi connectivity index (χ2n) is 4.40. The van der Waals surface area contributed by atoms with E-state index in [1.54, 1.807) is 0 Å². The average Bonchev–Trinajstić information content (AvgIpc) is 2.38. The van der Waals surface area contributed by atoms with Gasteiger partial charge in [0.15, 0.2) is 5.78 Å². The average molecular weight is 240 g/mol. The molecule has 0 N–H and O–H groups in total. The van der Waals surface area contributed by atoms with Crippen molar-refractivity contribution in [2.45, 2.75) is 27.2 Å². The van der Waals surface area contributed by atoms with Gasteiger partial charge in [0.05, 0.1) is 11.4 Å². The highest BCUT2D eigenvalue weighted by atomic mass is 16.1. The first kappa shape index (κ1) is 12.4. The zero-order valence-corrected chi connectivity index (χ0v) is 10.9. The Balaban J connectivity index is 2.48. The summed E-state index contributed by atoms with van der Waals surface area (Å²) >= 11 is 0. The van der Waals surface area contributed by atoms with Crippen molar-refractivity contribution in [1.82, 2.24) is 10.2 Å². The van der Waals surface area contributed by atoms with E-state index in [1.165, 1.54) is 0 Å². The smallest absolute Gasteiger partial charge is 0.195 e. The number of aromatic nitrogens is 2. The third-order valence-corrected chi connectivity index (χ3v) is 2.85. The Morgan fingerprint density at radius 2 is 1.94 bits per heavy atom. The lowest BCUT2D eigenvalue weighted by atomic mass is 9.99. The summed E-state index contributed by atoms with van der Waals surface area (Å²) < 4.78 is 0. The lowest BCUT2D eigenvalue weighted by molar-refractivity contribution is 0.103. The Labute approximate surface area is 107 Å². The number of rotatable bonds is 3. The Kier molecular flexibility index (Phi) is 3.51. The molecule has 3 nitrogen and oxygen atoms in total. The summed E-state index contributed by atoms with van der Waals surface area (Å²) in [6, 6.07) is 9.43. The van der Waals surface area contributed by atoms with Crippen molar-refractivity contribution in [1.29, 1.82) is 0 Å². The van der Waals surface area contributed by atoms with Crippen LogP contribution in [0.2, 0.25) is 0 Å². The molecule has 0 unspecified atom stereocenters. The maximum absolute atomic E-state index is 12.5. The second kappa shape index (κ2) is 5.08. The van der Waals surface area contributed by atoms with Gasteiger partial charge >= 0.3 is 0 Å². The number of hydrogen-bond acceptors (Lipinski definition) is 3. The van der Waals surface area contributed by atoms with Crippen molar-refractivity contribution in [2.75, 3.05) is 0 Å². The van der Waals surface area contributed by atoms with Crippen LogP contribution in [-0.2, 0) is 6.42 Å². The van der Waals surface area contributed by atoms with Crippen LogP contribution in [0.1, 0.15) is 39.8 Å². The van der Waals surface area contributed by atoms with Crippen LogP contribution in [0.5, 0.6) is 0 Å². The number of benzene rings is 1. The summed E-state index contributed by atoms with van der Waals surface area (Å²) in [6.45, 7) is 5.80. The van der Waals surface area contributed by atoms with Gasteiger partial charge in [0, 0.05) is 11.1 Å². The summed E-state index contributed by atoms with van der Waals surface area (Å²) in [6.07, 6.45) is 0.709. The van der Waals surface area contributed by atoms with Crippen LogP contribution < -0.4 is 0 Å². The van der Waals surface area contributed by atoms with E-state index in [9.17, 15) is 4.79 Å². The Bertz CT molecular complexity index is 591. The molecule has 0 atom stereocenters. The fourth-order valence-corrected chi connectivity index (χ4v) is 1.91. The molecule has 0 aliphatic carbocycles.